The first-order valence-electron chi connectivity index (χ1n) is 10.1. The van der Waals surface area contributed by atoms with Gasteiger partial charge in [0.1, 0.15) is 29.3 Å². The van der Waals surface area contributed by atoms with Crippen LogP contribution >= 0.6 is 11.8 Å². The Morgan fingerprint density at radius 2 is 1.91 bits per heavy atom. The van der Waals surface area contributed by atoms with E-state index in [4.69, 9.17) is 9.47 Å². The van der Waals surface area contributed by atoms with Crippen molar-refractivity contribution in [2.24, 2.45) is 5.16 Å². The normalized spacial score (nSPS) is 20.5. The summed E-state index contributed by atoms with van der Waals surface area (Å²) in [4.78, 5) is 51.1. The van der Waals surface area contributed by atoms with E-state index in [1.165, 1.54) is 23.6 Å². The largest absolute Gasteiger partial charge is 0.461 e. The number of nitrogens with zero attached hydrogens (tertiary/aromatic N) is 2. The molecule has 0 aliphatic carbocycles. The number of carbonyl (C=O) groups is 4. The van der Waals surface area contributed by atoms with E-state index in [1.54, 1.807) is 51.1 Å². The third kappa shape index (κ3) is 5.36. The number of fused-ring (bicyclic) bond motifs is 1. The van der Waals surface area contributed by atoms with Crippen LogP contribution in [0.1, 0.15) is 33.3 Å². The van der Waals surface area contributed by atoms with Crippen LogP contribution in [0, 0.1) is 0 Å². The smallest absolute Gasteiger partial charge is 0.355 e. The first-order chi connectivity index (χ1) is 15.5. The van der Waals surface area contributed by atoms with Crippen LogP contribution in [-0.2, 0) is 28.7 Å². The third-order valence-electron chi connectivity index (χ3n) is 4.74. The minimum atomic E-state index is -0.935. The van der Waals surface area contributed by atoms with E-state index in [2.05, 4.69) is 10.5 Å². The van der Waals surface area contributed by atoms with Gasteiger partial charge in [-0.15, -0.1) is 11.8 Å². The maximum Gasteiger partial charge on any atom is 0.355 e. The molecule has 2 amide bonds. The molecule has 2 N–H and O–H groups in total. The molecular weight excluding hydrogens is 450 g/mol. The highest BCUT2D eigenvalue weighted by atomic mass is 32.2. The standard InChI is InChI=1S/C22H25N3O7S/c1-12(26)31-10-14-11-33-20-16(19(28)25(20)17(14)21(29)32-22(2,3)4)23-18(27)15(24-30)13-8-6-5-7-9-13/h5-9,16,20,30H,10-11H2,1-4H3,(H,23,27)/b24-15+/t16-,20-/m1/s1. The summed E-state index contributed by atoms with van der Waals surface area (Å²) in [5.74, 6) is -2.18. The SMILES string of the molecule is CC(=O)OCC1=C(C(=O)OC(C)(C)C)N2C(=O)[C@@H](NC(=O)/C(=N/O)c3ccccc3)[C@H]2SC1. The zero-order valence-corrected chi connectivity index (χ0v) is 19.5. The van der Waals surface area contributed by atoms with Crippen molar-refractivity contribution >= 4 is 41.2 Å². The summed E-state index contributed by atoms with van der Waals surface area (Å²) in [5.41, 5.74) is -0.192. The van der Waals surface area contributed by atoms with Crippen molar-refractivity contribution in [3.63, 3.8) is 0 Å². The topological polar surface area (TPSA) is 135 Å². The van der Waals surface area contributed by atoms with Crippen LogP contribution in [-0.4, -0.2) is 68.9 Å². The highest BCUT2D eigenvalue weighted by Gasteiger charge is 2.55. The Labute approximate surface area is 195 Å². The quantitative estimate of drug-likeness (QED) is 0.207. The number of rotatable bonds is 6. The van der Waals surface area contributed by atoms with Gasteiger partial charge in [-0.2, -0.15) is 0 Å². The average molecular weight is 476 g/mol. The van der Waals surface area contributed by atoms with Crippen LogP contribution in [0.5, 0.6) is 0 Å². The molecule has 2 atom stereocenters. The summed E-state index contributed by atoms with van der Waals surface area (Å²) in [6.07, 6.45) is 0. The average Bonchev–Trinajstić information content (AvgIpc) is 2.75. The van der Waals surface area contributed by atoms with Gasteiger partial charge in [0.2, 0.25) is 0 Å². The summed E-state index contributed by atoms with van der Waals surface area (Å²) < 4.78 is 10.5. The van der Waals surface area contributed by atoms with Crippen LogP contribution in [0.3, 0.4) is 0 Å². The van der Waals surface area contributed by atoms with Crippen molar-refractivity contribution in [2.45, 2.75) is 44.7 Å². The minimum Gasteiger partial charge on any atom is -0.461 e. The van der Waals surface area contributed by atoms with E-state index in [0.717, 1.165) is 0 Å². The van der Waals surface area contributed by atoms with Gasteiger partial charge in [-0.1, -0.05) is 35.5 Å². The van der Waals surface area contributed by atoms with Gasteiger partial charge in [0.25, 0.3) is 11.8 Å². The molecule has 0 saturated carbocycles. The molecule has 11 heteroatoms. The zero-order valence-electron chi connectivity index (χ0n) is 18.7. The third-order valence-corrected chi connectivity index (χ3v) is 6.08. The molecule has 176 valence electrons. The Morgan fingerprint density at radius 1 is 1.24 bits per heavy atom. The van der Waals surface area contributed by atoms with Gasteiger partial charge in [-0.25, -0.2) is 4.79 Å². The Balaban J connectivity index is 1.82. The Kier molecular flexibility index (Phi) is 7.11. The van der Waals surface area contributed by atoms with Gasteiger partial charge in [-0.3, -0.25) is 19.3 Å². The number of β-lactam (4-membered cyclic amide) rings is 1. The summed E-state index contributed by atoms with van der Waals surface area (Å²) in [6.45, 7) is 6.20. The van der Waals surface area contributed by atoms with Crippen molar-refractivity contribution in [2.75, 3.05) is 12.4 Å². The fraction of sp³-hybridized carbons (Fsp3) is 0.409. The first-order valence-corrected chi connectivity index (χ1v) is 11.2. The van der Waals surface area contributed by atoms with Gasteiger partial charge in [-0.05, 0) is 20.8 Å². The molecule has 2 aliphatic rings. The number of thioether (sulfide) groups is 1. The molecular formula is C22H25N3O7S. The summed E-state index contributed by atoms with van der Waals surface area (Å²) >= 11 is 1.31. The van der Waals surface area contributed by atoms with E-state index in [9.17, 15) is 24.4 Å². The molecule has 0 spiro atoms. The van der Waals surface area contributed by atoms with Crippen LogP contribution in [0.2, 0.25) is 0 Å². The number of benzene rings is 1. The second-order valence-electron chi connectivity index (χ2n) is 8.41. The van der Waals surface area contributed by atoms with Gasteiger partial charge in [0.15, 0.2) is 5.71 Å². The Morgan fingerprint density at radius 3 is 2.48 bits per heavy atom. The number of esters is 2. The number of nitrogens with one attached hydrogen (secondary N) is 1. The lowest BCUT2D eigenvalue weighted by Crippen LogP contribution is -2.71. The Bertz CT molecular complexity index is 1030. The number of hydrogen-bond donors (Lipinski definition) is 2. The molecule has 1 saturated heterocycles. The highest BCUT2D eigenvalue weighted by Crippen LogP contribution is 2.41. The predicted octanol–water partition coefficient (Wildman–Crippen LogP) is 1.42. The van der Waals surface area contributed by atoms with Crippen molar-refractivity contribution in [3.05, 3.63) is 47.2 Å². The molecule has 2 aliphatic heterocycles. The molecule has 0 radical (unpaired) electrons. The lowest BCUT2D eigenvalue weighted by atomic mass is 10.0. The van der Waals surface area contributed by atoms with E-state index in [-0.39, 0.29) is 18.0 Å². The molecule has 0 unspecified atom stereocenters. The first kappa shape index (κ1) is 24.3. The lowest BCUT2D eigenvalue weighted by Gasteiger charge is -2.49. The van der Waals surface area contributed by atoms with E-state index < -0.39 is 40.8 Å². The molecule has 0 aromatic heterocycles. The molecule has 10 nitrogen and oxygen atoms in total. The molecule has 2 heterocycles. The fourth-order valence-electron chi connectivity index (χ4n) is 3.34. The van der Waals surface area contributed by atoms with Gasteiger partial charge in [0, 0.05) is 23.8 Å². The maximum atomic E-state index is 13.0. The van der Waals surface area contributed by atoms with Gasteiger partial charge >= 0.3 is 11.9 Å². The second kappa shape index (κ2) is 9.65. The summed E-state index contributed by atoms with van der Waals surface area (Å²) in [7, 11) is 0. The highest BCUT2D eigenvalue weighted by molar-refractivity contribution is 8.00. The van der Waals surface area contributed by atoms with Crippen molar-refractivity contribution in [1.82, 2.24) is 10.2 Å². The second-order valence-corrected chi connectivity index (χ2v) is 9.51. The monoisotopic (exact) mass is 475 g/mol. The number of ether oxygens (including phenoxy) is 2. The number of hydrogen-bond acceptors (Lipinski definition) is 9. The van der Waals surface area contributed by atoms with E-state index in [0.29, 0.717) is 16.9 Å². The van der Waals surface area contributed by atoms with Crippen molar-refractivity contribution < 1.29 is 33.9 Å². The molecule has 1 aromatic rings. The minimum absolute atomic E-state index is 0.0181. The summed E-state index contributed by atoms with van der Waals surface area (Å²) in [5, 5.41) is 14.4. The van der Waals surface area contributed by atoms with Gasteiger partial charge < -0.3 is 20.0 Å². The number of oxime groups is 1. The molecule has 1 fully saturated rings. The predicted molar refractivity (Wildman–Crippen MR) is 119 cm³/mol. The number of amides is 2. The number of carbonyl (C=O) groups excluding carboxylic acids is 4. The molecule has 0 bridgehead atoms. The van der Waals surface area contributed by atoms with E-state index in [1.807, 2.05) is 0 Å². The van der Waals surface area contributed by atoms with Crippen LogP contribution < -0.4 is 5.32 Å². The lowest BCUT2D eigenvalue weighted by molar-refractivity contribution is -0.159. The maximum absolute atomic E-state index is 13.0. The Hall–Kier alpha value is -3.34. The van der Waals surface area contributed by atoms with E-state index >= 15 is 0 Å². The van der Waals surface area contributed by atoms with Crippen molar-refractivity contribution in [1.29, 1.82) is 0 Å². The van der Waals surface area contributed by atoms with Crippen molar-refractivity contribution in [3.8, 4) is 0 Å². The van der Waals surface area contributed by atoms with Crippen LogP contribution in [0.4, 0.5) is 0 Å². The summed E-state index contributed by atoms with van der Waals surface area (Å²) in [6, 6.07) is 7.39. The van der Waals surface area contributed by atoms with Crippen LogP contribution in [0.25, 0.3) is 0 Å². The van der Waals surface area contributed by atoms with Gasteiger partial charge in [0.05, 0.1) is 0 Å². The van der Waals surface area contributed by atoms with Crippen LogP contribution in [0.15, 0.2) is 46.8 Å². The fourth-order valence-corrected chi connectivity index (χ4v) is 4.67. The molecule has 3 rings (SSSR count). The molecule has 33 heavy (non-hydrogen) atoms. The molecule has 1 aromatic carbocycles. The zero-order chi connectivity index (χ0) is 24.3.